The molecule has 0 unspecified atom stereocenters. The summed E-state index contributed by atoms with van der Waals surface area (Å²) in [7, 11) is 0. The van der Waals surface area contributed by atoms with Gasteiger partial charge in [0.15, 0.2) is 0 Å². The zero-order chi connectivity index (χ0) is 11.7. The number of oxime groups is 1. The largest absolute Gasteiger partial charge is 0.411 e. The monoisotopic (exact) mass is 209 g/mol. The molecule has 1 N–H and O–H groups in total. The average molecular weight is 209 g/mol. The van der Waals surface area contributed by atoms with Crippen molar-refractivity contribution in [3.05, 3.63) is 23.3 Å². The molecular formula is C13H23NO. The summed E-state index contributed by atoms with van der Waals surface area (Å²) in [6.45, 7) is 8.25. The Hall–Kier alpha value is -1.05. The third kappa shape index (κ3) is 9.26. The molecule has 0 amide bonds. The molecule has 0 atom stereocenters. The lowest BCUT2D eigenvalue weighted by Crippen LogP contribution is -1.89. The van der Waals surface area contributed by atoms with E-state index in [0.29, 0.717) is 0 Å². The maximum absolute atomic E-state index is 8.46. The fraction of sp³-hybridized carbons (Fsp3) is 0.615. The van der Waals surface area contributed by atoms with Crippen LogP contribution in [0.2, 0.25) is 0 Å². The Bertz CT molecular complexity index is 258. The highest BCUT2D eigenvalue weighted by molar-refractivity contribution is 5.81. The maximum atomic E-state index is 8.46. The molecule has 86 valence electrons. The van der Waals surface area contributed by atoms with Crippen molar-refractivity contribution in [2.24, 2.45) is 5.16 Å². The van der Waals surface area contributed by atoms with Gasteiger partial charge in [0.1, 0.15) is 0 Å². The fourth-order valence-corrected chi connectivity index (χ4v) is 1.27. The smallest absolute Gasteiger partial charge is 0.0543 e. The van der Waals surface area contributed by atoms with Gasteiger partial charge in [-0.3, -0.25) is 0 Å². The van der Waals surface area contributed by atoms with Crippen molar-refractivity contribution in [2.75, 3.05) is 0 Å². The van der Waals surface area contributed by atoms with Crippen LogP contribution in [-0.2, 0) is 0 Å². The van der Waals surface area contributed by atoms with Crippen LogP contribution in [0, 0.1) is 0 Å². The molecule has 2 heteroatoms. The topological polar surface area (TPSA) is 32.6 Å². The maximum Gasteiger partial charge on any atom is 0.0543 e. The quantitative estimate of drug-likeness (QED) is 0.300. The van der Waals surface area contributed by atoms with E-state index in [0.717, 1.165) is 31.4 Å². The summed E-state index contributed by atoms with van der Waals surface area (Å²) in [5.41, 5.74) is 3.59. The van der Waals surface area contributed by atoms with Crippen LogP contribution in [0.3, 0.4) is 0 Å². The Kier molecular flexibility index (Phi) is 7.69. The molecule has 0 fully saturated rings. The highest BCUT2D eigenvalue weighted by Gasteiger charge is 1.92. The number of nitrogens with zero attached hydrogens (tertiary/aromatic N) is 1. The summed E-state index contributed by atoms with van der Waals surface area (Å²) in [5, 5.41) is 11.6. The summed E-state index contributed by atoms with van der Waals surface area (Å²) < 4.78 is 0. The summed E-state index contributed by atoms with van der Waals surface area (Å²) in [5.74, 6) is 0. The van der Waals surface area contributed by atoms with Crippen molar-refractivity contribution in [3.63, 3.8) is 0 Å². The number of rotatable bonds is 6. The molecule has 0 spiro atoms. The van der Waals surface area contributed by atoms with Crippen molar-refractivity contribution in [2.45, 2.75) is 53.4 Å². The molecule has 2 nitrogen and oxygen atoms in total. The molecule has 0 saturated heterocycles. The van der Waals surface area contributed by atoms with E-state index in [9.17, 15) is 0 Å². The molecule has 0 aromatic heterocycles. The van der Waals surface area contributed by atoms with Crippen molar-refractivity contribution in [3.8, 4) is 0 Å². The molecule has 0 rings (SSSR count). The standard InChI is InChI=1S/C13H23NO/c1-11(2)7-5-8-12(3)9-6-10-13(4)14-15/h7,9,15H,5-6,8,10H2,1-4H3/b12-9-,14-13+. The lowest BCUT2D eigenvalue weighted by molar-refractivity contribution is 0.317. The van der Waals surface area contributed by atoms with E-state index in [-0.39, 0.29) is 0 Å². The molecule has 0 radical (unpaired) electrons. The molecule has 0 bridgehead atoms. The molecule has 0 heterocycles. The molecule has 0 aliphatic carbocycles. The first-order chi connectivity index (χ1) is 7.06. The molecule has 0 saturated carbocycles. The highest BCUT2D eigenvalue weighted by atomic mass is 16.4. The van der Waals surface area contributed by atoms with E-state index in [1.54, 1.807) is 0 Å². The van der Waals surface area contributed by atoms with Crippen molar-refractivity contribution >= 4 is 5.71 Å². The average Bonchev–Trinajstić information content (AvgIpc) is 2.17. The number of allylic oxidation sites excluding steroid dienone is 4. The molecule has 15 heavy (non-hydrogen) atoms. The SMILES string of the molecule is CC(C)=CCC/C(C)=C\CC/C(C)=N/O. The van der Waals surface area contributed by atoms with Gasteiger partial charge in [-0.05, 0) is 53.4 Å². The van der Waals surface area contributed by atoms with Crippen LogP contribution in [0.5, 0.6) is 0 Å². The third-order valence-electron chi connectivity index (χ3n) is 2.26. The summed E-state index contributed by atoms with van der Waals surface area (Å²) in [4.78, 5) is 0. The molecule has 0 aliphatic rings. The molecule has 0 aromatic carbocycles. The zero-order valence-electron chi connectivity index (χ0n) is 10.4. The second-order valence-electron chi connectivity index (χ2n) is 4.24. The van der Waals surface area contributed by atoms with E-state index in [4.69, 9.17) is 5.21 Å². The van der Waals surface area contributed by atoms with Gasteiger partial charge in [-0.1, -0.05) is 28.5 Å². The Morgan fingerprint density at radius 2 is 1.60 bits per heavy atom. The second-order valence-corrected chi connectivity index (χ2v) is 4.24. The van der Waals surface area contributed by atoms with Crippen LogP contribution in [0.15, 0.2) is 28.5 Å². The molecular weight excluding hydrogens is 186 g/mol. The minimum Gasteiger partial charge on any atom is -0.411 e. The Morgan fingerprint density at radius 1 is 1.00 bits per heavy atom. The van der Waals surface area contributed by atoms with Crippen molar-refractivity contribution in [1.82, 2.24) is 0 Å². The second kappa shape index (κ2) is 8.27. The van der Waals surface area contributed by atoms with Crippen LogP contribution < -0.4 is 0 Å². The molecule has 0 aliphatic heterocycles. The van der Waals surface area contributed by atoms with Gasteiger partial charge in [-0.2, -0.15) is 0 Å². The lowest BCUT2D eigenvalue weighted by Gasteiger charge is -1.99. The van der Waals surface area contributed by atoms with Crippen LogP contribution >= 0.6 is 0 Å². The molecule has 0 aromatic rings. The third-order valence-corrected chi connectivity index (χ3v) is 2.26. The van der Waals surface area contributed by atoms with E-state index >= 15 is 0 Å². The number of hydrogen-bond acceptors (Lipinski definition) is 2. The Morgan fingerprint density at radius 3 is 2.13 bits per heavy atom. The van der Waals surface area contributed by atoms with Gasteiger partial charge in [-0.15, -0.1) is 0 Å². The van der Waals surface area contributed by atoms with Crippen molar-refractivity contribution < 1.29 is 5.21 Å². The minimum atomic E-state index is 0.795. The van der Waals surface area contributed by atoms with Gasteiger partial charge in [-0.25, -0.2) is 0 Å². The predicted molar refractivity (Wildman–Crippen MR) is 66.6 cm³/mol. The summed E-state index contributed by atoms with van der Waals surface area (Å²) in [6, 6.07) is 0. The predicted octanol–water partition coefficient (Wildman–Crippen LogP) is 4.31. The van der Waals surface area contributed by atoms with Gasteiger partial charge in [0.05, 0.1) is 5.71 Å². The van der Waals surface area contributed by atoms with E-state index < -0.39 is 0 Å². The first kappa shape index (κ1) is 13.9. The van der Waals surface area contributed by atoms with Gasteiger partial charge < -0.3 is 5.21 Å². The first-order valence-electron chi connectivity index (χ1n) is 5.52. The van der Waals surface area contributed by atoms with Gasteiger partial charge >= 0.3 is 0 Å². The van der Waals surface area contributed by atoms with Gasteiger partial charge in [0.2, 0.25) is 0 Å². The van der Waals surface area contributed by atoms with Gasteiger partial charge in [0, 0.05) is 0 Å². The van der Waals surface area contributed by atoms with Crippen molar-refractivity contribution in [1.29, 1.82) is 0 Å². The van der Waals surface area contributed by atoms with Crippen LogP contribution in [-0.4, -0.2) is 10.9 Å². The van der Waals surface area contributed by atoms with E-state index in [1.807, 2.05) is 6.92 Å². The Balaban J connectivity index is 3.75. The lowest BCUT2D eigenvalue weighted by atomic mass is 10.1. The van der Waals surface area contributed by atoms with E-state index in [1.165, 1.54) is 11.1 Å². The minimum absolute atomic E-state index is 0.795. The normalized spacial score (nSPS) is 12.8. The van der Waals surface area contributed by atoms with Gasteiger partial charge in [0.25, 0.3) is 0 Å². The first-order valence-corrected chi connectivity index (χ1v) is 5.52. The van der Waals surface area contributed by atoms with Crippen LogP contribution in [0.25, 0.3) is 0 Å². The Labute approximate surface area is 93.4 Å². The summed E-state index contributed by atoms with van der Waals surface area (Å²) >= 11 is 0. The highest BCUT2D eigenvalue weighted by Crippen LogP contribution is 2.08. The van der Waals surface area contributed by atoms with Crippen LogP contribution in [0.1, 0.15) is 53.4 Å². The summed E-state index contributed by atoms with van der Waals surface area (Å²) in [6.07, 6.45) is 8.55. The fourth-order valence-electron chi connectivity index (χ4n) is 1.27. The van der Waals surface area contributed by atoms with E-state index in [2.05, 4.69) is 38.1 Å². The zero-order valence-corrected chi connectivity index (χ0v) is 10.4. The number of hydrogen-bond donors (Lipinski definition) is 1. The van der Waals surface area contributed by atoms with Crippen LogP contribution in [0.4, 0.5) is 0 Å².